The van der Waals surface area contributed by atoms with Crippen LogP contribution >= 0.6 is 23.1 Å². The van der Waals surface area contributed by atoms with Gasteiger partial charge in [0.1, 0.15) is 11.4 Å². The second-order valence-corrected chi connectivity index (χ2v) is 9.82. The lowest BCUT2D eigenvalue weighted by Gasteiger charge is -2.27. The quantitative estimate of drug-likeness (QED) is 0.462. The monoisotopic (exact) mass is 453 g/mol. The van der Waals surface area contributed by atoms with E-state index in [1.165, 1.54) is 22.2 Å². The van der Waals surface area contributed by atoms with Crippen LogP contribution in [-0.4, -0.2) is 32.0 Å². The van der Waals surface area contributed by atoms with Gasteiger partial charge in [0, 0.05) is 17.8 Å². The average Bonchev–Trinajstić information content (AvgIpc) is 3.41. The molecule has 1 aromatic carbocycles. The van der Waals surface area contributed by atoms with Crippen molar-refractivity contribution in [1.82, 2.24) is 20.1 Å². The number of benzene rings is 1. The second kappa shape index (κ2) is 10.6. The lowest BCUT2D eigenvalue weighted by molar-refractivity contribution is -0.120. The first-order valence-corrected chi connectivity index (χ1v) is 12.1. The molecule has 6 nitrogen and oxygen atoms in total. The average molecular weight is 454 g/mol. The van der Waals surface area contributed by atoms with Crippen LogP contribution in [0.1, 0.15) is 37.0 Å². The summed E-state index contributed by atoms with van der Waals surface area (Å²) in [6.07, 6.45) is 1.57. The minimum atomic E-state index is -0.886. The van der Waals surface area contributed by atoms with Crippen LogP contribution in [0.15, 0.2) is 53.0 Å². The van der Waals surface area contributed by atoms with E-state index in [0.717, 1.165) is 23.9 Å². The molecule has 1 atom stereocenters. The van der Waals surface area contributed by atoms with Gasteiger partial charge < -0.3 is 9.88 Å². The molecule has 31 heavy (non-hydrogen) atoms. The van der Waals surface area contributed by atoms with E-state index in [2.05, 4.69) is 49.7 Å². The molecule has 1 amide bonds. The number of hydrogen-bond acceptors (Lipinski definition) is 6. The number of aryl methyl sites for hydroxylation is 1. The van der Waals surface area contributed by atoms with Gasteiger partial charge in [-0.15, -0.1) is 21.5 Å². The molecule has 162 valence electrons. The van der Waals surface area contributed by atoms with Gasteiger partial charge in [0.05, 0.1) is 11.8 Å². The minimum absolute atomic E-state index is 0.0124. The summed E-state index contributed by atoms with van der Waals surface area (Å²) in [6.45, 7) is 6.34. The maximum absolute atomic E-state index is 12.5. The fraction of sp³-hybridized carbons (Fsp3) is 0.391. The molecule has 0 aliphatic carbocycles. The van der Waals surface area contributed by atoms with E-state index in [1.807, 2.05) is 38.1 Å². The summed E-state index contributed by atoms with van der Waals surface area (Å²) in [5.41, 5.74) is 0.358. The number of nitriles is 1. The molecule has 2 aromatic heterocycles. The van der Waals surface area contributed by atoms with Gasteiger partial charge in [-0.2, -0.15) is 5.26 Å². The van der Waals surface area contributed by atoms with Crippen molar-refractivity contribution in [1.29, 1.82) is 5.26 Å². The number of carbonyl (C=O) groups excluding carboxylic acids is 1. The van der Waals surface area contributed by atoms with Crippen LogP contribution < -0.4 is 5.32 Å². The molecule has 0 spiro atoms. The summed E-state index contributed by atoms with van der Waals surface area (Å²) in [4.78, 5) is 13.7. The highest BCUT2D eigenvalue weighted by atomic mass is 32.2. The van der Waals surface area contributed by atoms with E-state index in [1.54, 1.807) is 18.3 Å². The molecular weight excluding hydrogens is 426 g/mol. The molecular formula is C23H27N5OS2. The Bertz CT molecular complexity index is 1020. The van der Waals surface area contributed by atoms with Gasteiger partial charge in [-0.3, -0.25) is 4.79 Å². The Morgan fingerprint density at radius 1 is 1.26 bits per heavy atom. The lowest BCUT2D eigenvalue weighted by Crippen LogP contribution is -2.49. The highest BCUT2D eigenvalue weighted by molar-refractivity contribution is 7.99. The number of amides is 1. The Labute approximate surface area is 191 Å². The number of nitrogens with zero attached hydrogens (tertiary/aromatic N) is 4. The first kappa shape index (κ1) is 23.0. The number of hydrogen-bond donors (Lipinski definition) is 1. The highest BCUT2D eigenvalue weighted by Crippen LogP contribution is 2.22. The Hall–Kier alpha value is -2.63. The molecule has 0 saturated heterocycles. The molecule has 3 aromatic rings. The molecule has 0 saturated carbocycles. The number of thiophene rings is 1. The van der Waals surface area contributed by atoms with Crippen molar-refractivity contribution in [2.45, 2.75) is 50.9 Å². The first-order chi connectivity index (χ1) is 14.9. The van der Waals surface area contributed by atoms with E-state index < -0.39 is 5.54 Å². The summed E-state index contributed by atoms with van der Waals surface area (Å²) in [5.74, 6) is 0.913. The van der Waals surface area contributed by atoms with Gasteiger partial charge in [-0.05, 0) is 36.3 Å². The zero-order valence-electron chi connectivity index (χ0n) is 18.0. The Morgan fingerprint density at radius 3 is 2.68 bits per heavy atom. The summed E-state index contributed by atoms with van der Waals surface area (Å²) < 4.78 is 2.11. The zero-order valence-corrected chi connectivity index (χ0v) is 19.7. The largest absolute Gasteiger partial charge is 0.337 e. The first-order valence-electron chi connectivity index (χ1n) is 10.2. The van der Waals surface area contributed by atoms with Crippen molar-refractivity contribution in [3.05, 3.63) is 64.1 Å². The van der Waals surface area contributed by atoms with Crippen molar-refractivity contribution in [3.8, 4) is 6.07 Å². The van der Waals surface area contributed by atoms with E-state index >= 15 is 0 Å². The van der Waals surface area contributed by atoms with Crippen molar-refractivity contribution in [2.75, 3.05) is 5.75 Å². The van der Waals surface area contributed by atoms with E-state index in [-0.39, 0.29) is 17.6 Å². The molecule has 1 unspecified atom stereocenters. The minimum Gasteiger partial charge on any atom is -0.337 e. The van der Waals surface area contributed by atoms with Crippen molar-refractivity contribution < 1.29 is 4.79 Å². The summed E-state index contributed by atoms with van der Waals surface area (Å²) in [6, 6.07) is 16.6. The maximum atomic E-state index is 12.5. The second-order valence-electron chi connectivity index (χ2n) is 7.85. The highest BCUT2D eigenvalue weighted by Gasteiger charge is 2.30. The van der Waals surface area contributed by atoms with Gasteiger partial charge >= 0.3 is 0 Å². The van der Waals surface area contributed by atoms with Gasteiger partial charge in [-0.25, -0.2) is 0 Å². The maximum Gasteiger partial charge on any atom is 0.231 e. The number of nitrogens with one attached hydrogen (secondary N) is 1. The van der Waals surface area contributed by atoms with Gasteiger partial charge in [-0.1, -0.05) is 62.0 Å². The standard InChI is InChI=1S/C23H27N5OS2/c1-17(2)23(3,16-24)25-21(29)15-31-22-27-26-20(14-19-10-7-13-30-19)28(22)12-11-18-8-5-4-6-9-18/h4-10,13,17H,11-12,14-15H2,1-3H3,(H,25,29). The molecule has 0 fully saturated rings. The third-order valence-electron chi connectivity index (χ3n) is 5.29. The summed E-state index contributed by atoms with van der Waals surface area (Å²) in [7, 11) is 0. The van der Waals surface area contributed by atoms with E-state index in [0.29, 0.717) is 6.42 Å². The van der Waals surface area contributed by atoms with Crippen LogP contribution in [0.2, 0.25) is 0 Å². The van der Waals surface area contributed by atoms with Crippen LogP contribution in [-0.2, 0) is 24.2 Å². The number of thioether (sulfide) groups is 1. The van der Waals surface area contributed by atoms with Gasteiger partial charge in [0.2, 0.25) is 5.91 Å². The van der Waals surface area contributed by atoms with E-state index in [4.69, 9.17) is 0 Å². The van der Waals surface area contributed by atoms with E-state index in [9.17, 15) is 10.1 Å². The van der Waals surface area contributed by atoms with Gasteiger partial charge in [0.25, 0.3) is 0 Å². The van der Waals surface area contributed by atoms with Crippen molar-refractivity contribution >= 4 is 29.0 Å². The molecule has 8 heteroatoms. The molecule has 0 bridgehead atoms. The fourth-order valence-electron chi connectivity index (χ4n) is 2.99. The Balaban J connectivity index is 1.72. The third-order valence-corrected chi connectivity index (χ3v) is 7.13. The number of rotatable bonds is 10. The van der Waals surface area contributed by atoms with Gasteiger partial charge in [0.15, 0.2) is 5.16 Å². The predicted octanol–water partition coefficient (Wildman–Crippen LogP) is 4.32. The van der Waals surface area contributed by atoms with Crippen LogP contribution in [0.3, 0.4) is 0 Å². The Morgan fingerprint density at radius 2 is 2.03 bits per heavy atom. The molecule has 0 aliphatic rings. The van der Waals surface area contributed by atoms with Crippen LogP contribution in [0.5, 0.6) is 0 Å². The molecule has 0 aliphatic heterocycles. The predicted molar refractivity (Wildman–Crippen MR) is 125 cm³/mol. The zero-order chi connectivity index (χ0) is 22.3. The third kappa shape index (κ3) is 6.18. The number of carbonyl (C=O) groups is 1. The van der Waals surface area contributed by atoms with Crippen molar-refractivity contribution in [2.24, 2.45) is 5.92 Å². The normalized spacial score (nSPS) is 13.0. The van der Waals surface area contributed by atoms with Crippen molar-refractivity contribution in [3.63, 3.8) is 0 Å². The summed E-state index contributed by atoms with van der Waals surface area (Å²) >= 11 is 3.06. The molecule has 1 N–H and O–H groups in total. The molecule has 2 heterocycles. The van der Waals surface area contributed by atoms with Crippen LogP contribution in [0.4, 0.5) is 0 Å². The number of aromatic nitrogens is 3. The summed E-state index contributed by atoms with van der Waals surface area (Å²) in [5, 5.41) is 23.9. The lowest BCUT2D eigenvalue weighted by atomic mass is 9.90. The molecule has 0 radical (unpaired) electrons. The smallest absolute Gasteiger partial charge is 0.231 e. The topological polar surface area (TPSA) is 83.6 Å². The molecule has 3 rings (SSSR count). The van der Waals surface area contributed by atoms with Crippen LogP contribution in [0, 0.1) is 17.2 Å². The fourth-order valence-corrected chi connectivity index (χ4v) is 4.48. The SMILES string of the molecule is CC(C)C(C)(C#N)NC(=O)CSc1nnc(Cc2cccs2)n1CCc1ccccc1. The Kier molecular flexibility index (Phi) is 7.88. The van der Waals surface area contributed by atoms with Crippen LogP contribution in [0.25, 0.3) is 0 Å².